The summed E-state index contributed by atoms with van der Waals surface area (Å²) in [5.74, 6) is -0.712. The van der Waals surface area contributed by atoms with Crippen LogP contribution in [0.4, 0.5) is 0 Å². The summed E-state index contributed by atoms with van der Waals surface area (Å²) in [4.78, 5) is 31.3. The molecule has 1 amide bonds. The Morgan fingerprint density at radius 3 is 2.54 bits per heavy atom. The maximum atomic E-state index is 12.4. The van der Waals surface area contributed by atoms with Gasteiger partial charge in [-0.2, -0.15) is 0 Å². The van der Waals surface area contributed by atoms with Crippen LogP contribution in [0.1, 0.15) is 29.2 Å². The van der Waals surface area contributed by atoms with E-state index in [9.17, 15) is 9.59 Å². The van der Waals surface area contributed by atoms with E-state index in [1.807, 2.05) is 44.2 Å². The van der Waals surface area contributed by atoms with Crippen LogP contribution in [0.15, 0.2) is 30.3 Å². The molecule has 3 rings (SSSR count). The molecule has 2 atom stereocenters. The second-order valence-corrected chi connectivity index (χ2v) is 7.43. The quantitative estimate of drug-likeness (QED) is 0.770. The first kappa shape index (κ1) is 18.5. The number of hydrogen-bond donors (Lipinski definition) is 0. The van der Waals surface area contributed by atoms with Gasteiger partial charge in [0.25, 0.3) is 5.91 Å². The molecule has 0 bridgehead atoms. The van der Waals surface area contributed by atoms with Crippen LogP contribution in [0.2, 0.25) is 0 Å². The minimum Gasteiger partial charge on any atom is -0.451 e. The molecule has 1 aromatic heterocycles. The monoisotopic (exact) mass is 374 g/mol. The minimum absolute atomic E-state index is 0.0180. The maximum Gasteiger partial charge on any atom is 0.350 e. The highest BCUT2D eigenvalue weighted by molar-refractivity contribution is 7.17. The van der Waals surface area contributed by atoms with Gasteiger partial charge in [0, 0.05) is 18.7 Å². The van der Waals surface area contributed by atoms with E-state index in [0.717, 1.165) is 10.6 Å². The average molecular weight is 374 g/mol. The molecule has 7 heteroatoms. The summed E-state index contributed by atoms with van der Waals surface area (Å²) in [7, 11) is 0. The van der Waals surface area contributed by atoms with Gasteiger partial charge in [0.2, 0.25) is 0 Å². The molecular weight excluding hydrogens is 352 g/mol. The number of thiazole rings is 1. The van der Waals surface area contributed by atoms with Crippen molar-refractivity contribution in [3.05, 3.63) is 40.9 Å². The number of morpholine rings is 1. The lowest BCUT2D eigenvalue weighted by molar-refractivity contribution is -0.146. The second kappa shape index (κ2) is 7.97. The Morgan fingerprint density at radius 2 is 1.88 bits per heavy atom. The van der Waals surface area contributed by atoms with Gasteiger partial charge in [0.15, 0.2) is 6.61 Å². The van der Waals surface area contributed by atoms with Crippen LogP contribution in [-0.4, -0.2) is 53.7 Å². The lowest BCUT2D eigenvalue weighted by Crippen LogP contribution is -2.49. The normalized spacial score (nSPS) is 20.0. The van der Waals surface area contributed by atoms with Gasteiger partial charge < -0.3 is 14.4 Å². The summed E-state index contributed by atoms with van der Waals surface area (Å²) in [6, 6.07) is 9.66. The van der Waals surface area contributed by atoms with E-state index in [0.29, 0.717) is 23.7 Å². The van der Waals surface area contributed by atoms with Crippen molar-refractivity contribution in [1.82, 2.24) is 9.88 Å². The van der Waals surface area contributed by atoms with Crippen molar-refractivity contribution in [3.8, 4) is 10.6 Å². The predicted octanol–water partition coefficient (Wildman–Crippen LogP) is 2.91. The van der Waals surface area contributed by atoms with Crippen molar-refractivity contribution < 1.29 is 19.1 Å². The molecule has 0 spiro atoms. The average Bonchev–Trinajstić information content (AvgIpc) is 3.01. The molecule has 2 aromatic rings. The van der Waals surface area contributed by atoms with Gasteiger partial charge in [-0.15, -0.1) is 11.3 Å². The number of ether oxygens (including phenoxy) is 2. The number of carbonyl (C=O) groups excluding carboxylic acids is 2. The number of nitrogens with zero attached hydrogens (tertiary/aromatic N) is 2. The molecule has 6 nitrogen and oxygen atoms in total. The summed E-state index contributed by atoms with van der Waals surface area (Å²) >= 11 is 1.28. The van der Waals surface area contributed by atoms with E-state index in [-0.39, 0.29) is 24.7 Å². The molecule has 0 unspecified atom stereocenters. The fraction of sp³-hybridized carbons (Fsp3) is 0.421. The molecule has 1 aliphatic rings. The zero-order chi connectivity index (χ0) is 18.7. The number of esters is 1. The SMILES string of the molecule is Cc1nc(-c2ccccc2)sc1C(=O)OCC(=O)N1C[C@@H](C)O[C@H](C)C1. The van der Waals surface area contributed by atoms with Crippen LogP contribution < -0.4 is 0 Å². The largest absolute Gasteiger partial charge is 0.451 e. The summed E-state index contributed by atoms with van der Waals surface area (Å²) in [6.07, 6.45) is -0.0360. The Bertz CT molecular complexity index is 780. The smallest absolute Gasteiger partial charge is 0.350 e. The molecule has 26 heavy (non-hydrogen) atoms. The summed E-state index contributed by atoms with van der Waals surface area (Å²) in [5.41, 5.74) is 1.56. The number of rotatable bonds is 4. The van der Waals surface area contributed by atoms with E-state index in [1.54, 1.807) is 11.8 Å². The van der Waals surface area contributed by atoms with Crippen molar-refractivity contribution in [2.75, 3.05) is 19.7 Å². The number of amides is 1. The summed E-state index contributed by atoms with van der Waals surface area (Å²) in [6.45, 7) is 6.38. The molecule has 2 heterocycles. The van der Waals surface area contributed by atoms with Gasteiger partial charge in [-0.3, -0.25) is 4.79 Å². The van der Waals surface area contributed by atoms with E-state index in [2.05, 4.69) is 4.98 Å². The fourth-order valence-electron chi connectivity index (χ4n) is 2.96. The number of carbonyl (C=O) groups is 2. The van der Waals surface area contributed by atoms with E-state index >= 15 is 0 Å². The Hall–Kier alpha value is -2.25. The van der Waals surface area contributed by atoms with Gasteiger partial charge in [-0.05, 0) is 20.8 Å². The molecule has 1 fully saturated rings. The van der Waals surface area contributed by atoms with Crippen molar-refractivity contribution in [3.63, 3.8) is 0 Å². The van der Waals surface area contributed by atoms with E-state index < -0.39 is 5.97 Å². The second-order valence-electron chi connectivity index (χ2n) is 6.43. The standard InChI is InChI=1S/C19H22N2O4S/c1-12-9-21(10-13(2)25-12)16(22)11-24-19(23)17-14(3)20-18(26-17)15-7-5-4-6-8-15/h4-8,12-13H,9-11H2,1-3H3/t12-,13-/m1/s1. The first-order valence-corrected chi connectivity index (χ1v) is 9.39. The molecule has 0 N–H and O–H groups in total. The van der Waals surface area contributed by atoms with Crippen LogP contribution in [0.25, 0.3) is 10.6 Å². The Kier molecular flexibility index (Phi) is 5.68. The highest BCUT2D eigenvalue weighted by atomic mass is 32.1. The van der Waals surface area contributed by atoms with Crippen LogP contribution >= 0.6 is 11.3 Å². The molecule has 0 saturated carbocycles. The molecule has 1 aromatic carbocycles. The van der Waals surface area contributed by atoms with Crippen molar-refractivity contribution in [2.45, 2.75) is 33.0 Å². The molecule has 1 saturated heterocycles. The number of hydrogen-bond acceptors (Lipinski definition) is 6. The predicted molar refractivity (Wildman–Crippen MR) is 99.2 cm³/mol. The van der Waals surface area contributed by atoms with Gasteiger partial charge in [0.05, 0.1) is 17.9 Å². The van der Waals surface area contributed by atoms with Gasteiger partial charge in [-0.1, -0.05) is 30.3 Å². The van der Waals surface area contributed by atoms with E-state index in [4.69, 9.17) is 9.47 Å². The third-order valence-corrected chi connectivity index (χ3v) is 5.29. The lowest BCUT2D eigenvalue weighted by Gasteiger charge is -2.35. The van der Waals surface area contributed by atoms with Crippen LogP contribution in [0, 0.1) is 6.92 Å². The minimum atomic E-state index is -0.509. The third-order valence-electron chi connectivity index (χ3n) is 4.10. The Morgan fingerprint density at radius 1 is 1.23 bits per heavy atom. The van der Waals surface area contributed by atoms with Gasteiger partial charge in [-0.25, -0.2) is 9.78 Å². The van der Waals surface area contributed by atoms with Gasteiger partial charge in [0.1, 0.15) is 9.88 Å². The number of aryl methyl sites for hydroxylation is 1. The van der Waals surface area contributed by atoms with Crippen molar-refractivity contribution >= 4 is 23.2 Å². The molecule has 0 radical (unpaired) electrons. The molecule has 138 valence electrons. The van der Waals surface area contributed by atoms with Crippen molar-refractivity contribution in [2.24, 2.45) is 0 Å². The van der Waals surface area contributed by atoms with Crippen LogP contribution in [0.3, 0.4) is 0 Å². The highest BCUT2D eigenvalue weighted by Gasteiger charge is 2.27. The zero-order valence-electron chi connectivity index (χ0n) is 15.1. The third kappa shape index (κ3) is 4.28. The highest BCUT2D eigenvalue weighted by Crippen LogP contribution is 2.28. The van der Waals surface area contributed by atoms with Crippen molar-refractivity contribution in [1.29, 1.82) is 0 Å². The number of aromatic nitrogens is 1. The Labute approximate surface area is 156 Å². The van der Waals surface area contributed by atoms with Crippen LogP contribution in [-0.2, 0) is 14.3 Å². The lowest BCUT2D eigenvalue weighted by atomic mass is 10.2. The molecular formula is C19H22N2O4S. The fourth-order valence-corrected chi connectivity index (χ4v) is 3.92. The molecule has 1 aliphatic heterocycles. The van der Waals surface area contributed by atoms with Gasteiger partial charge >= 0.3 is 5.97 Å². The topological polar surface area (TPSA) is 68.7 Å². The first-order valence-electron chi connectivity index (χ1n) is 8.57. The first-order chi connectivity index (χ1) is 12.4. The van der Waals surface area contributed by atoms with Crippen LogP contribution in [0.5, 0.6) is 0 Å². The summed E-state index contributed by atoms with van der Waals surface area (Å²) < 4.78 is 10.9. The Balaban J connectivity index is 1.62. The molecule has 0 aliphatic carbocycles. The van der Waals surface area contributed by atoms with E-state index in [1.165, 1.54) is 11.3 Å². The zero-order valence-corrected chi connectivity index (χ0v) is 15.9. The maximum absolute atomic E-state index is 12.4. The number of benzene rings is 1. The summed E-state index contributed by atoms with van der Waals surface area (Å²) in [5, 5.41) is 0.761.